The van der Waals surface area contributed by atoms with Gasteiger partial charge in [-0.15, -0.1) is 0 Å². The highest BCUT2D eigenvalue weighted by atomic mass is 16.5. The lowest BCUT2D eigenvalue weighted by atomic mass is 10.1. The van der Waals surface area contributed by atoms with E-state index in [9.17, 15) is 4.79 Å². The summed E-state index contributed by atoms with van der Waals surface area (Å²) in [6.07, 6.45) is 8.75. The zero-order valence-corrected chi connectivity index (χ0v) is 11.3. The van der Waals surface area contributed by atoms with Crippen LogP contribution in [0.4, 0.5) is 5.82 Å². The molecule has 2 heterocycles. The van der Waals surface area contributed by atoms with Gasteiger partial charge in [0.1, 0.15) is 5.82 Å². The molecule has 0 aromatic carbocycles. The van der Waals surface area contributed by atoms with Gasteiger partial charge in [-0.2, -0.15) is 0 Å². The van der Waals surface area contributed by atoms with Gasteiger partial charge in [0.05, 0.1) is 6.61 Å². The predicted octanol–water partition coefficient (Wildman–Crippen LogP) is 2.65. The summed E-state index contributed by atoms with van der Waals surface area (Å²) in [5.41, 5.74) is 0.911. The number of rotatable bonds is 4. The second-order valence-electron chi connectivity index (χ2n) is 4.58. The summed E-state index contributed by atoms with van der Waals surface area (Å²) >= 11 is 0. The van der Waals surface area contributed by atoms with E-state index in [4.69, 9.17) is 4.74 Å². The zero-order valence-electron chi connectivity index (χ0n) is 11.3. The Hall–Kier alpha value is -1.84. The monoisotopic (exact) mass is 260 g/mol. The first-order chi connectivity index (χ1) is 9.29. The normalized spacial score (nSPS) is 15.7. The number of pyridine rings is 1. The molecule has 1 aliphatic rings. The molecule has 1 saturated heterocycles. The largest absolute Gasteiger partial charge is 0.463 e. The van der Waals surface area contributed by atoms with E-state index in [0.717, 1.165) is 24.5 Å². The van der Waals surface area contributed by atoms with Gasteiger partial charge in [0, 0.05) is 25.4 Å². The quantitative estimate of drug-likeness (QED) is 0.616. The van der Waals surface area contributed by atoms with Crippen LogP contribution in [-0.2, 0) is 9.53 Å². The number of piperidine rings is 1. The van der Waals surface area contributed by atoms with Crippen LogP contribution >= 0.6 is 0 Å². The minimum atomic E-state index is -0.317. The minimum absolute atomic E-state index is 0.317. The Balaban J connectivity index is 1.96. The van der Waals surface area contributed by atoms with E-state index in [2.05, 4.69) is 9.88 Å². The molecule has 4 heteroatoms. The third-order valence-electron chi connectivity index (χ3n) is 3.15. The molecule has 0 atom stereocenters. The maximum absolute atomic E-state index is 11.2. The second-order valence-corrected chi connectivity index (χ2v) is 4.58. The average molecular weight is 260 g/mol. The number of esters is 1. The molecule has 0 unspecified atom stereocenters. The molecule has 1 aliphatic heterocycles. The zero-order chi connectivity index (χ0) is 13.5. The van der Waals surface area contributed by atoms with Crippen molar-refractivity contribution >= 4 is 17.9 Å². The van der Waals surface area contributed by atoms with Gasteiger partial charge in [0.2, 0.25) is 0 Å². The highest BCUT2D eigenvalue weighted by molar-refractivity contribution is 5.86. The number of nitrogens with zero attached hydrogens (tertiary/aromatic N) is 2. The Morgan fingerprint density at radius 3 is 2.79 bits per heavy atom. The van der Waals surface area contributed by atoms with E-state index in [1.807, 2.05) is 12.1 Å². The first-order valence-electron chi connectivity index (χ1n) is 6.85. The van der Waals surface area contributed by atoms with E-state index >= 15 is 0 Å². The van der Waals surface area contributed by atoms with Crippen LogP contribution in [0.3, 0.4) is 0 Å². The third kappa shape index (κ3) is 4.09. The fourth-order valence-corrected chi connectivity index (χ4v) is 2.16. The molecule has 0 aliphatic carbocycles. The average Bonchev–Trinajstić information content (AvgIpc) is 2.47. The molecule has 19 heavy (non-hydrogen) atoms. The highest BCUT2D eigenvalue weighted by Crippen LogP contribution is 2.17. The Morgan fingerprint density at radius 1 is 1.37 bits per heavy atom. The van der Waals surface area contributed by atoms with Gasteiger partial charge in [-0.1, -0.05) is 0 Å². The predicted molar refractivity (Wildman–Crippen MR) is 76.0 cm³/mol. The van der Waals surface area contributed by atoms with Gasteiger partial charge in [-0.3, -0.25) is 0 Å². The maximum Gasteiger partial charge on any atom is 0.330 e. The van der Waals surface area contributed by atoms with Crippen molar-refractivity contribution in [2.75, 3.05) is 24.6 Å². The lowest BCUT2D eigenvalue weighted by Crippen LogP contribution is -2.29. The van der Waals surface area contributed by atoms with E-state index in [0.29, 0.717) is 6.61 Å². The molecule has 0 amide bonds. The van der Waals surface area contributed by atoms with Crippen LogP contribution in [0.5, 0.6) is 0 Å². The van der Waals surface area contributed by atoms with Gasteiger partial charge in [-0.25, -0.2) is 9.78 Å². The number of aromatic nitrogens is 1. The summed E-state index contributed by atoms with van der Waals surface area (Å²) < 4.78 is 4.83. The topological polar surface area (TPSA) is 42.4 Å². The van der Waals surface area contributed by atoms with E-state index in [-0.39, 0.29) is 5.97 Å². The number of carbonyl (C=O) groups excluding carboxylic acids is 1. The number of anilines is 1. The maximum atomic E-state index is 11.2. The van der Waals surface area contributed by atoms with Crippen LogP contribution in [0.15, 0.2) is 24.4 Å². The van der Waals surface area contributed by atoms with Crippen molar-refractivity contribution in [2.45, 2.75) is 26.2 Å². The molecule has 4 nitrogen and oxygen atoms in total. The first kappa shape index (κ1) is 13.6. The van der Waals surface area contributed by atoms with Crippen molar-refractivity contribution in [2.24, 2.45) is 0 Å². The van der Waals surface area contributed by atoms with Gasteiger partial charge >= 0.3 is 5.97 Å². The van der Waals surface area contributed by atoms with Crippen molar-refractivity contribution in [3.63, 3.8) is 0 Å². The van der Waals surface area contributed by atoms with Crippen LogP contribution in [0.2, 0.25) is 0 Å². The fourth-order valence-electron chi connectivity index (χ4n) is 2.16. The summed E-state index contributed by atoms with van der Waals surface area (Å²) in [4.78, 5) is 17.9. The first-order valence-corrected chi connectivity index (χ1v) is 6.85. The minimum Gasteiger partial charge on any atom is -0.463 e. The molecule has 0 saturated carbocycles. The van der Waals surface area contributed by atoms with Crippen LogP contribution in [0.1, 0.15) is 31.7 Å². The summed E-state index contributed by atoms with van der Waals surface area (Å²) in [5, 5.41) is 0. The Kier molecular flexibility index (Phi) is 4.95. The smallest absolute Gasteiger partial charge is 0.330 e. The molecular weight excluding hydrogens is 240 g/mol. The van der Waals surface area contributed by atoms with Gasteiger partial charge in [0.25, 0.3) is 0 Å². The summed E-state index contributed by atoms with van der Waals surface area (Å²) in [6.45, 7) is 4.37. The van der Waals surface area contributed by atoms with Crippen LogP contribution in [-0.4, -0.2) is 30.6 Å². The summed E-state index contributed by atoms with van der Waals surface area (Å²) in [5.74, 6) is 0.704. The molecule has 0 radical (unpaired) electrons. The molecule has 1 aromatic heterocycles. The second kappa shape index (κ2) is 6.92. The van der Waals surface area contributed by atoms with Crippen molar-refractivity contribution in [1.82, 2.24) is 4.98 Å². The fraction of sp³-hybridized carbons (Fsp3) is 0.467. The van der Waals surface area contributed by atoms with Crippen LogP contribution in [0.25, 0.3) is 6.08 Å². The molecule has 0 bridgehead atoms. The van der Waals surface area contributed by atoms with E-state index < -0.39 is 0 Å². The molecule has 102 valence electrons. The van der Waals surface area contributed by atoms with Gasteiger partial charge < -0.3 is 9.64 Å². The highest BCUT2D eigenvalue weighted by Gasteiger charge is 2.11. The van der Waals surface area contributed by atoms with Crippen molar-refractivity contribution in [3.05, 3.63) is 30.0 Å². The summed E-state index contributed by atoms with van der Waals surface area (Å²) in [6, 6.07) is 3.99. The standard InChI is InChI=1S/C15H20N2O2/c1-2-19-15(18)9-7-13-6-8-14(16-12-13)17-10-4-3-5-11-17/h6-9,12H,2-5,10-11H2,1H3. The molecule has 1 aromatic rings. The number of carbonyl (C=O) groups is 1. The molecule has 1 fully saturated rings. The Bertz CT molecular complexity index is 434. The van der Waals surface area contributed by atoms with E-state index in [1.165, 1.54) is 25.3 Å². The van der Waals surface area contributed by atoms with Crippen LogP contribution < -0.4 is 4.90 Å². The Labute approximate surface area is 114 Å². The third-order valence-corrected chi connectivity index (χ3v) is 3.15. The summed E-state index contributed by atoms with van der Waals surface area (Å²) in [7, 11) is 0. The molecule has 2 rings (SSSR count). The van der Waals surface area contributed by atoms with Crippen molar-refractivity contribution < 1.29 is 9.53 Å². The van der Waals surface area contributed by atoms with Crippen molar-refractivity contribution in [3.8, 4) is 0 Å². The number of ether oxygens (including phenoxy) is 1. The number of hydrogen-bond donors (Lipinski definition) is 0. The Morgan fingerprint density at radius 2 is 2.16 bits per heavy atom. The van der Waals surface area contributed by atoms with Crippen molar-refractivity contribution in [1.29, 1.82) is 0 Å². The SMILES string of the molecule is CCOC(=O)C=Cc1ccc(N2CCCCC2)nc1. The van der Waals surface area contributed by atoms with Gasteiger partial charge in [0.15, 0.2) is 0 Å². The lowest BCUT2D eigenvalue weighted by Gasteiger charge is -2.27. The lowest BCUT2D eigenvalue weighted by molar-refractivity contribution is -0.137. The van der Waals surface area contributed by atoms with Gasteiger partial charge in [-0.05, 0) is 50.0 Å². The van der Waals surface area contributed by atoms with Crippen LogP contribution in [0, 0.1) is 0 Å². The van der Waals surface area contributed by atoms with E-state index in [1.54, 1.807) is 19.2 Å². The molecular formula is C15H20N2O2. The molecule has 0 spiro atoms. The molecule has 0 N–H and O–H groups in total. The number of hydrogen-bond acceptors (Lipinski definition) is 4.